The number of fused-ring (bicyclic) bond motifs is 1. The molecule has 2 aliphatic carbocycles. The van der Waals surface area contributed by atoms with Gasteiger partial charge in [0.05, 0.1) is 0 Å². The third kappa shape index (κ3) is 3.19. The van der Waals surface area contributed by atoms with Crippen molar-refractivity contribution in [2.75, 3.05) is 0 Å². The van der Waals surface area contributed by atoms with E-state index in [1.807, 2.05) is 0 Å². The largest absolute Gasteiger partial charge is 3.00 e. The van der Waals surface area contributed by atoms with Crippen LogP contribution in [0.25, 0.3) is 5.57 Å². The topological polar surface area (TPSA) is 0 Å². The number of benzene rings is 1. The maximum atomic E-state index is 2.43. The fraction of sp³-hybridized carbons (Fsp3) is 0.235. The van der Waals surface area contributed by atoms with Crippen LogP contribution in [0.3, 0.4) is 0 Å². The van der Waals surface area contributed by atoms with Gasteiger partial charge in [-0.3, -0.25) is 0 Å². The van der Waals surface area contributed by atoms with Crippen molar-refractivity contribution >= 4 is 5.57 Å². The van der Waals surface area contributed by atoms with Crippen molar-refractivity contribution in [2.45, 2.75) is 19.3 Å². The number of hydrogen-bond acceptors (Lipinski definition) is 0. The standard InChI is InChI=1S/C15H15.2CH3.Ti/c1-2-6-12(7-3-1)14-10-4-8-13-9-5-11-15(13)14;;;/h1-4,6-7,10-11,13H,5,8-9H2;2*1H3;/q3*-1;+3. The minimum absolute atomic E-state index is 0. The summed E-state index contributed by atoms with van der Waals surface area (Å²) >= 11 is 0. The molecule has 0 aromatic heterocycles. The zero-order chi connectivity index (χ0) is 10.1. The predicted octanol–water partition coefficient (Wildman–Crippen LogP) is 4.91. The predicted molar refractivity (Wildman–Crippen MR) is 77.0 cm³/mol. The van der Waals surface area contributed by atoms with Crippen LogP contribution in [-0.4, -0.2) is 0 Å². The fourth-order valence-electron chi connectivity index (χ4n) is 2.66. The first-order valence-electron chi connectivity index (χ1n) is 5.74. The molecule has 0 heterocycles. The Kier molecular flexibility index (Phi) is 7.36. The molecule has 18 heavy (non-hydrogen) atoms. The van der Waals surface area contributed by atoms with Gasteiger partial charge in [-0.05, 0) is 12.3 Å². The van der Waals surface area contributed by atoms with Crippen molar-refractivity contribution in [1.29, 1.82) is 0 Å². The summed E-state index contributed by atoms with van der Waals surface area (Å²) in [5.41, 5.74) is 4.40. The Labute approximate surface area is 127 Å². The molecule has 0 spiro atoms. The maximum absolute atomic E-state index is 2.43. The molecule has 93 valence electrons. The summed E-state index contributed by atoms with van der Waals surface area (Å²) in [5.74, 6) is 0.796. The fourth-order valence-corrected chi connectivity index (χ4v) is 2.66. The van der Waals surface area contributed by atoms with Gasteiger partial charge in [0.2, 0.25) is 0 Å². The van der Waals surface area contributed by atoms with Crippen molar-refractivity contribution in [3.63, 3.8) is 0 Å². The molecule has 1 aromatic rings. The van der Waals surface area contributed by atoms with Crippen LogP contribution in [0.5, 0.6) is 0 Å². The van der Waals surface area contributed by atoms with Gasteiger partial charge in [0.1, 0.15) is 0 Å². The van der Waals surface area contributed by atoms with Crippen molar-refractivity contribution in [3.8, 4) is 0 Å². The first-order valence-corrected chi connectivity index (χ1v) is 5.74. The Morgan fingerprint density at radius 3 is 2.50 bits per heavy atom. The van der Waals surface area contributed by atoms with E-state index in [9.17, 15) is 0 Å². The minimum Gasteiger partial charge on any atom is -0.358 e. The van der Waals surface area contributed by atoms with Crippen LogP contribution in [0.4, 0.5) is 0 Å². The molecule has 2 aliphatic rings. The first-order chi connectivity index (χ1) is 7.45. The van der Waals surface area contributed by atoms with Gasteiger partial charge in [0.15, 0.2) is 0 Å². The summed E-state index contributed by atoms with van der Waals surface area (Å²) in [6.07, 6.45) is 10.9. The molecule has 0 saturated heterocycles. The van der Waals surface area contributed by atoms with Crippen molar-refractivity contribution < 1.29 is 21.7 Å². The van der Waals surface area contributed by atoms with E-state index in [2.05, 4.69) is 48.9 Å². The third-order valence-electron chi connectivity index (χ3n) is 3.42. The number of allylic oxidation sites excluding steroid dienone is 4. The molecule has 0 N–H and O–H groups in total. The summed E-state index contributed by atoms with van der Waals surface area (Å²) in [6, 6.07) is 10.7. The van der Waals surface area contributed by atoms with E-state index in [1.165, 1.54) is 30.4 Å². The normalized spacial score (nSPS) is 19.9. The van der Waals surface area contributed by atoms with E-state index < -0.39 is 0 Å². The zero-order valence-electron chi connectivity index (χ0n) is 11.3. The molecular formula is C17H21Ti. The third-order valence-corrected chi connectivity index (χ3v) is 3.42. The summed E-state index contributed by atoms with van der Waals surface area (Å²) in [4.78, 5) is 0. The second kappa shape index (κ2) is 7.66. The quantitative estimate of drug-likeness (QED) is 0.503. The van der Waals surface area contributed by atoms with E-state index in [-0.39, 0.29) is 36.6 Å². The van der Waals surface area contributed by atoms with Gasteiger partial charge in [-0.15, -0.1) is 18.6 Å². The Morgan fingerprint density at radius 2 is 1.78 bits per heavy atom. The molecule has 1 atom stereocenters. The summed E-state index contributed by atoms with van der Waals surface area (Å²) in [6.45, 7) is 0. The molecule has 1 unspecified atom stereocenters. The molecule has 0 aliphatic heterocycles. The minimum atomic E-state index is 0. The monoisotopic (exact) mass is 273 g/mol. The van der Waals surface area contributed by atoms with Gasteiger partial charge in [0, 0.05) is 0 Å². The van der Waals surface area contributed by atoms with Crippen LogP contribution in [0.1, 0.15) is 24.8 Å². The summed E-state index contributed by atoms with van der Waals surface area (Å²) in [7, 11) is 0. The number of hydrogen-bond donors (Lipinski definition) is 0. The average molecular weight is 273 g/mol. The molecular weight excluding hydrogens is 252 g/mol. The maximum Gasteiger partial charge on any atom is 3.00 e. The Hall–Kier alpha value is -0.716. The van der Waals surface area contributed by atoms with Crippen LogP contribution >= 0.6 is 0 Å². The Bertz CT molecular complexity index is 414. The van der Waals surface area contributed by atoms with Crippen LogP contribution < -0.4 is 0 Å². The van der Waals surface area contributed by atoms with Gasteiger partial charge in [-0.25, -0.2) is 12.0 Å². The van der Waals surface area contributed by atoms with Gasteiger partial charge >= 0.3 is 21.7 Å². The molecule has 1 fully saturated rings. The summed E-state index contributed by atoms with van der Waals surface area (Å²) < 4.78 is 0. The van der Waals surface area contributed by atoms with Crippen molar-refractivity contribution in [1.82, 2.24) is 0 Å². The van der Waals surface area contributed by atoms with Crippen molar-refractivity contribution in [2.24, 2.45) is 5.92 Å². The Morgan fingerprint density at radius 1 is 1.06 bits per heavy atom. The van der Waals surface area contributed by atoms with Crippen LogP contribution in [-0.2, 0) is 21.7 Å². The van der Waals surface area contributed by atoms with Crippen LogP contribution in [0.15, 0.2) is 48.1 Å². The van der Waals surface area contributed by atoms with Crippen molar-refractivity contribution in [3.05, 3.63) is 74.9 Å². The molecule has 1 heteroatoms. The van der Waals surface area contributed by atoms with Crippen LogP contribution in [0.2, 0.25) is 0 Å². The molecule has 1 radical (unpaired) electrons. The Balaban J connectivity index is 0.000000963. The molecule has 0 nitrogen and oxygen atoms in total. The van der Waals surface area contributed by atoms with E-state index in [0.29, 0.717) is 0 Å². The van der Waals surface area contributed by atoms with E-state index in [1.54, 1.807) is 5.57 Å². The average Bonchev–Trinajstić information content (AvgIpc) is 2.78. The van der Waals surface area contributed by atoms with E-state index in [4.69, 9.17) is 0 Å². The van der Waals surface area contributed by atoms with Gasteiger partial charge < -0.3 is 14.9 Å². The zero-order valence-corrected chi connectivity index (χ0v) is 12.9. The van der Waals surface area contributed by atoms with Crippen LogP contribution in [0, 0.1) is 27.2 Å². The number of rotatable bonds is 1. The SMILES string of the molecule is C1=CC(c2ccccc2)=C2[CH-]CCC2C1.[CH3-].[CH3-].[Ti+3]. The van der Waals surface area contributed by atoms with Gasteiger partial charge in [0.25, 0.3) is 0 Å². The summed E-state index contributed by atoms with van der Waals surface area (Å²) in [5, 5.41) is 0. The van der Waals surface area contributed by atoms with Gasteiger partial charge in [-0.1, -0.05) is 42.3 Å². The second-order valence-electron chi connectivity index (χ2n) is 4.35. The molecule has 1 aromatic carbocycles. The van der Waals surface area contributed by atoms with E-state index >= 15 is 0 Å². The van der Waals surface area contributed by atoms with Gasteiger partial charge in [-0.2, -0.15) is 5.57 Å². The first kappa shape index (κ1) is 17.3. The smallest absolute Gasteiger partial charge is 0.358 e. The molecule has 3 rings (SSSR count). The van der Waals surface area contributed by atoms with E-state index in [0.717, 1.165) is 5.92 Å². The molecule has 1 saturated carbocycles. The second-order valence-corrected chi connectivity index (χ2v) is 4.35. The molecule has 0 amide bonds. The molecule has 0 bridgehead atoms.